The van der Waals surface area contributed by atoms with Crippen LogP contribution in [0.3, 0.4) is 0 Å². The molecule has 6 heteroatoms. The van der Waals surface area contributed by atoms with E-state index in [4.69, 9.17) is 9.47 Å². The second-order valence-electron chi connectivity index (χ2n) is 4.87. The Balaban J connectivity index is 1.85. The predicted molar refractivity (Wildman–Crippen MR) is 74.3 cm³/mol. The van der Waals surface area contributed by atoms with E-state index >= 15 is 0 Å². The molecule has 6 nitrogen and oxygen atoms in total. The number of β-amino-alcohol motifs (C(OH)–C–C–N with tert-alkyl or cyclic N) is 1. The third-order valence-corrected chi connectivity index (χ3v) is 3.34. The van der Waals surface area contributed by atoms with Crippen LogP contribution in [-0.2, 0) is 20.9 Å². The number of aliphatic hydroxyl groups excluding tert-OH is 1. The van der Waals surface area contributed by atoms with Crippen molar-refractivity contribution >= 4 is 12.1 Å². The summed E-state index contributed by atoms with van der Waals surface area (Å²) in [6.07, 6.45) is -1.45. The lowest BCUT2D eigenvalue weighted by atomic mass is 10.1. The molecule has 2 atom stereocenters. The summed E-state index contributed by atoms with van der Waals surface area (Å²) in [7, 11) is 0. The average Bonchev–Trinajstić information content (AvgIpc) is 2.88. The quantitative estimate of drug-likeness (QED) is 0.844. The molecule has 0 saturated carbocycles. The van der Waals surface area contributed by atoms with E-state index in [1.807, 2.05) is 30.3 Å². The SMILES string of the molecule is CCOC(=O)[C@@H]1CN(C(=O)OCc2ccccc2)C[C@H]1O. The Morgan fingerprint density at radius 2 is 1.95 bits per heavy atom. The lowest BCUT2D eigenvalue weighted by Crippen LogP contribution is -2.30. The van der Waals surface area contributed by atoms with Gasteiger partial charge in [-0.25, -0.2) is 4.79 Å². The van der Waals surface area contributed by atoms with Gasteiger partial charge in [0, 0.05) is 6.54 Å². The number of esters is 1. The molecular formula is C15H19NO5. The van der Waals surface area contributed by atoms with Gasteiger partial charge in [0.25, 0.3) is 0 Å². The van der Waals surface area contributed by atoms with Crippen LogP contribution in [0.25, 0.3) is 0 Å². The number of likely N-dealkylation sites (tertiary alicyclic amines) is 1. The van der Waals surface area contributed by atoms with E-state index in [2.05, 4.69) is 0 Å². The Morgan fingerprint density at radius 3 is 2.62 bits per heavy atom. The van der Waals surface area contributed by atoms with E-state index in [1.54, 1.807) is 6.92 Å². The minimum atomic E-state index is -0.909. The van der Waals surface area contributed by atoms with Gasteiger partial charge in [0.2, 0.25) is 0 Å². The highest BCUT2D eigenvalue weighted by Gasteiger charge is 2.40. The van der Waals surface area contributed by atoms with Gasteiger partial charge in [0.15, 0.2) is 0 Å². The van der Waals surface area contributed by atoms with E-state index in [-0.39, 0.29) is 26.3 Å². The van der Waals surface area contributed by atoms with Gasteiger partial charge in [0.05, 0.1) is 19.3 Å². The second kappa shape index (κ2) is 7.08. The fourth-order valence-corrected chi connectivity index (χ4v) is 2.23. The minimum Gasteiger partial charge on any atom is -0.466 e. The molecule has 0 spiro atoms. The molecule has 0 unspecified atom stereocenters. The molecule has 1 heterocycles. The molecule has 1 saturated heterocycles. The highest BCUT2D eigenvalue weighted by molar-refractivity contribution is 5.76. The maximum atomic E-state index is 11.9. The number of amides is 1. The molecule has 0 aliphatic carbocycles. The van der Waals surface area contributed by atoms with Gasteiger partial charge in [0.1, 0.15) is 12.5 Å². The predicted octanol–water partition coefficient (Wildman–Crippen LogP) is 1.18. The fraction of sp³-hybridized carbons (Fsp3) is 0.467. The number of aliphatic hydroxyl groups is 1. The number of hydrogen-bond acceptors (Lipinski definition) is 5. The summed E-state index contributed by atoms with van der Waals surface area (Å²) in [5.41, 5.74) is 0.882. The van der Waals surface area contributed by atoms with Gasteiger partial charge in [-0.05, 0) is 12.5 Å². The summed E-state index contributed by atoms with van der Waals surface area (Å²) in [6.45, 7) is 2.31. The summed E-state index contributed by atoms with van der Waals surface area (Å²) < 4.78 is 10.0. The Kier molecular flexibility index (Phi) is 5.16. The van der Waals surface area contributed by atoms with Crippen molar-refractivity contribution in [3.05, 3.63) is 35.9 Å². The summed E-state index contributed by atoms with van der Waals surface area (Å²) in [5.74, 6) is -1.18. The molecular weight excluding hydrogens is 274 g/mol. The zero-order chi connectivity index (χ0) is 15.2. The maximum absolute atomic E-state index is 11.9. The lowest BCUT2D eigenvalue weighted by molar-refractivity contribution is -0.150. The van der Waals surface area contributed by atoms with E-state index in [1.165, 1.54) is 4.90 Å². The third-order valence-electron chi connectivity index (χ3n) is 3.34. The number of hydrogen-bond donors (Lipinski definition) is 1. The van der Waals surface area contributed by atoms with Gasteiger partial charge >= 0.3 is 12.1 Å². The van der Waals surface area contributed by atoms with Crippen molar-refractivity contribution in [2.75, 3.05) is 19.7 Å². The van der Waals surface area contributed by atoms with E-state index in [9.17, 15) is 14.7 Å². The smallest absolute Gasteiger partial charge is 0.410 e. The molecule has 1 amide bonds. The Labute approximate surface area is 123 Å². The Morgan fingerprint density at radius 1 is 1.24 bits per heavy atom. The van der Waals surface area contributed by atoms with Crippen LogP contribution >= 0.6 is 0 Å². The summed E-state index contributed by atoms with van der Waals surface area (Å²) in [6, 6.07) is 9.31. The molecule has 0 aromatic heterocycles. The van der Waals surface area contributed by atoms with Crippen molar-refractivity contribution in [1.29, 1.82) is 0 Å². The van der Waals surface area contributed by atoms with Crippen molar-refractivity contribution in [2.24, 2.45) is 5.92 Å². The average molecular weight is 293 g/mol. The monoisotopic (exact) mass is 293 g/mol. The van der Waals surface area contributed by atoms with Gasteiger partial charge in [-0.2, -0.15) is 0 Å². The van der Waals surface area contributed by atoms with Crippen LogP contribution in [0.4, 0.5) is 4.79 Å². The lowest BCUT2D eigenvalue weighted by Gasteiger charge is -2.15. The van der Waals surface area contributed by atoms with E-state index in [0.717, 1.165) is 5.56 Å². The first-order chi connectivity index (χ1) is 10.1. The van der Waals surface area contributed by atoms with E-state index in [0.29, 0.717) is 0 Å². The number of rotatable bonds is 4. The summed E-state index contributed by atoms with van der Waals surface area (Å²) in [4.78, 5) is 24.9. The van der Waals surface area contributed by atoms with Crippen molar-refractivity contribution in [3.63, 3.8) is 0 Å². The number of carbonyl (C=O) groups excluding carboxylic acids is 2. The van der Waals surface area contributed by atoms with Crippen LogP contribution < -0.4 is 0 Å². The molecule has 1 aliphatic rings. The van der Waals surface area contributed by atoms with Crippen LogP contribution in [0.15, 0.2) is 30.3 Å². The third kappa shape index (κ3) is 3.95. The molecule has 1 aliphatic heterocycles. The van der Waals surface area contributed by atoms with E-state index < -0.39 is 24.1 Å². The fourth-order valence-electron chi connectivity index (χ4n) is 2.23. The van der Waals surface area contributed by atoms with Gasteiger partial charge in [-0.15, -0.1) is 0 Å². The summed E-state index contributed by atoms with van der Waals surface area (Å²) >= 11 is 0. The highest BCUT2D eigenvalue weighted by atomic mass is 16.6. The standard InChI is InChI=1S/C15H19NO5/c1-2-20-14(18)12-8-16(9-13(12)17)15(19)21-10-11-6-4-3-5-7-11/h3-7,12-13,17H,2,8-10H2,1H3/t12-,13-/m1/s1. The van der Waals surface area contributed by atoms with Crippen molar-refractivity contribution in [1.82, 2.24) is 4.90 Å². The van der Waals surface area contributed by atoms with Crippen LogP contribution in [0.5, 0.6) is 0 Å². The second-order valence-corrected chi connectivity index (χ2v) is 4.87. The van der Waals surface area contributed by atoms with Crippen molar-refractivity contribution < 1.29 is 24.2 Å². The molecule has 1 aromatic rings. The molecule has 1 N–H and O–H groups in total. The Bertz CT molecular complexity index is 490. The zero-order valence-corrected chi connectivity index (χ0v) is 11.9. The largest absolute Gasteiger partial charge is 0.466 e. The summed E-state index contributed by atoms with van der Waals surface area (Å²) in [5, 5.41) is 9.84. The maximum Gasteiger partial charge on any atom is 0.410 e. The number of carbonyl (C=O) groups is 2. The number of benzene rings is 1. The van der Waals surface area contributed by atoms with Crippen LogP contribution in [0.2, 0.25) is 0 Å². The van der Waals surface area contributed by atoms with Crippen molar-refractivity contribution in [2.45, 2.75) is 19.6 Å². The zero-order valence-electron chi connectivity index (χ0n) is 11.9. The molecule has 0 bridgehead atoms. The van der Waals surface area contributed by atoms with Crippen LogP contribution in [0.1, 0.15) is 12.5 Å². The first-order valence-corrected chi connectivity index (χ1v) is 6.92. The molecule has 1 aromatic carbocycles. The van der Waals surface area contributed by atoms with Crippen molar-refractivity contribution in [3.8, 4) is 0 Å². The molecule has 1 fully saturated rings. The van der Waals surface area contributed by atoms with Gasteiger partial charge in [-0.3, -0.25) is 4.79 Å². The highest BCUT2D eigenvalue weighted by Crippen LogP contribution is 2.19. The number of nitrogens with zero attached hydrogens (tertiary/aromatic N) is 1. The minimum absolute atomic E-state index is 0.0805. The topological polar surface area (TPSA) is 76.1 Å². The van der Waals surface area contributed by atoms with Gasteiger partial charge in [-0.1, -0.05) is 30.3 Å². The Hall–Kier alpha value is -2.08. The number of ether oxygens (including phenoxy) is 2. The van der Waals surface area contributed by atoms with Crippen LogP contribution in [-0.4, -0.2) is 47.9 Å². The molecule has 21 heavy (non-hydrogen) atoms. The van der Waals surface area contributed by atoms with Crippen LogP contribution in [0, 0.1) is 5.92 Å². The normalized spacial score (nSPS) is 21.1. The first kappa shape index (κ1) is 15.3. The molecule has 0 radical (unpaired) electrons. The molecule has 114 valence electrons. The first-order valence-electron chi connectivity index (χ1n) is 6.92. The van der Waals surface area contributed by atoms with Gasteiger partial charge < -0.3 is 19.5 Å². The molecule has 2 rings (SSSR count).